The molecule has 4 rings (SSSR count). The first kappa shape index (κ1) is 17.7. The summed E-state index contributed by atoms with van der Waals surface area (Å²) in [6.07, 6.45) is 5.90. The molecule has 6 heteroatoms. The van der Waals surface area contributed by atoms with E-state index in [4.69, 9.17) is 20.9 Å². The Labute approximate surface area is 156 Å². The lowest BCUT2D eigenvalue weighted by Gasteiger charge is -2.29. The number of ether oxygens (including phenoxy) is 1. The zero-order valence-electron chi connectivity index (χ0n) is 14.7. The van der Waals surface area contributed by atoms with Gasteiger partial charge >= 0.3 is 0 Å². The highest BCUT2D eigenvalue weighted by atomic mass is 35.5. The maximum absolute atomic E-state index is 13.2. The summed E-state index contributed by atoms with van der Waals surface area (Å²) in [4.78, 5) is 13.2. The van der Waals surface area contributed by atoms with E-state index in [9.17, 15) is 9.18 Å². The fourth-order valence-corrected chi connectivity index (χ4v) is 4.23. The Bertz CT molecular complexity index is 844. The second-order valence-electron chi connectivity index (χ2n) is 7.09. The average Bonchev–Trinajstić information content (AvgIpc) is 3.38. The van der Waals surface area contributed by atoms with Gasteiger partial charge in [0.1, 0.15) is 6.67 Å². The Morgan fingerprint density at radius 1 is 1.38 bits per heavy atom. The summed E-state index contributed by atoms with van der Waals surface area (Å²) in [5, 5.41) is 4.24. The summed E-state index contributed by atoms with van der Waals surface area (Å²) in [7, 11) is 0. The molecule has 138 valence electrons. The summed E-state index contributed by atoms with van der Waals surface area (Å²) >= 11 is 6.69. The molecule has 2 aliphatic rings. The number of nitrogens with zero attached hydrogens (tertiary/aromatic N) is 1. The van der Waals surface area contributed by atoms with E-state index >= 15 is 0 Å². The van der Waals surface area contributed by atoms with Crippen LogP contribution in [0.3, 0.4) is 0 Å². The van der Waals surface area contributed by atoms with E-state index in [-0.39, 0.29) is 24.4 Å². The maximum atomic E-state index is 13.2. The number of halogens is 2. The fraction of sp³-hybridized carbons (Fsp3) is 0.500. The molecular weight excluding hydrogens is 357 g/mol. The highest BCUT2D eigenvalue weighted by Crippen LogP contribution is 2.44. The first-order valence-corrected chi connectivity index (χ1v) is 9.48. The number of aryl methyl sites for hydroxylation is 1. The molecule has 2 aliphatic carbocycles. The molecule has 1 atom stereocenters. The van der Waals surface area contributed by atoms with Gasteiger partial charge < -0.3 is 9.26 Å². The van der Waals surface area contributed by atoms with Crippen LogP contribution in [0, 0.1) is 6.92 Å². The van der Waals surface area contributed by atoms with Crippen molar-refractivity contribution in [3.8, 4) is 0 Å². The lowest BCUT2D eigenvalue weighted by molar-refractivity contribution is 0.0325. The number of alkyl halides is 1. The third-order valence-corrected chi connectivity index (χ3v) is 5.69. The number of hydrogen-bond donors (Lipinski definition) is 0. The molecule has 1 aromatic carbocycles. The minimum atomic E-state index is -0.535. The molecule has 1 unspecified atom stereocenters. The lowest BCUT2D eigenvalue weighted by Crippen LogP contribution is -2.18. The standard InChI is InChI=1S/C20H21ClFNO3/c1-11-9-14(19(24)15-10-23-26-20(15)12-5-6-12)18(21)17-13(11)3-2-4-16(17)25-8-7-22/h9-10,12,16H,2-8H2,1H3. The molecule has 0 N–H and O–H groups in total. The predicted octanol–water partition coefficient (Wildman–Crippen LogP) is 5.11. The maximum Gasteiger partial charge on any atom is 0.199 e. The van der Waals surface area contributed by atoms with Crippen molar-refractivity contribution < 1.29 is 18.4 Å². The molecule has 0 amide bonds. The van der Waals surface area contributed by atoms with E-state index in [2.05, 4.69) is 5.16 Å². The van der Waals surface area contributed by atoms with Crippen molar-refractivity contribution in [2.75, 3.05) is 13.3 Å². The average molecular weight is 378 g/mol. The van der Waals surface area contributed by atoms with Crippen molar-refractivity contribution in [2.24, 2.45) is 0 Å². The monoisotopic (exact) mass is 377 g/mol. The first-order chi connectivity index (χ1) is 12.6. The van der Waals surface area contributed by atoms with Crippen molar-refractivity contribution in [2.45, 2.75) is 51.0 Å². The Hall–Kier alpha value is -1.72. The van der Waals surface area contributed by atoms with Gasteiger partial charge in [0.05, 0.1) is 29.5 Å². The Morgan fingerprint density at radius 2 is 2.19 bits per heavy atom. The molecule has 0 aliphatic heterocycles. The van der Waals surface area contributed by atoms with Crippen LogP contribution in [0.4, 0.5) is 4.39 Å². The summed E-state index contributed by atoms with van der Waals surface area (Å²) in [5.41, 5.74) is 3.92. The molecular formula is C20H21ClFNO3. The highest BCUT2D eigenvalue weighted by Gasteiger charge is 2.34. The molecule has 26 heavy (non-hydrogen) atoms. The van der Waals surface area contributed by atoms with Crippen molar-refractivity contribution >= 4 is 17.4 Å². The number of aromatic nitrogens is 1. The number of carbonyl (C=O) groups is 1. The molecule has 1 saturated carbocycles. The van der Waals surface area contributed by atoms with Crippen LogP contribution in [0.2, 0.25) is 5.02 Å². The third kappa shape index (κ3) is 3.08. The summed E-state index contributed by atoms with van der Waals surface area (Å²) in [6.45, 7) is 1.49. The Kier molecular flexibility index (Phi) is 4.84. The molecule has 2 aromatic rings. The number of hydrogen-bond acceptors (Lipinski definition) is 4. The van der Waals surface area contributed by atoms with Gasteiger partial charge in [0.25, 0.3) is 0 Å². The van der Waals surface area contributed by atoms with E-state index in [1.165, 1.54) is 6.20 Å². The third-order valence-electron chi connectivity index (χ3n) is 5.28. The van der Waals surface area contributed by atoms with Gasteiger partial charge in [-0.1, -0.05) is 16.8 Å². The van der Waals surface area contributed by atoms with Gasteiger partial charge in [0.2, 0.25) is 0 Å². The summed E-state index contributed by atoms with van der Waals surface area (Å²) in [6, 6.07) is 1.85. The van der Waals surface area contributed by atoms with Crippen LogP contribution in [0.25, 0.3) is 0 Å². The zero-order chi connectivity index (χ0) is 18.3. The van der Waals surface area contributed by atoms with Crippen molar-refractivity contribution in [1.29, 1.82) is 0 Å². The zero-order valence-corrected chi connectivity index (χ0v) is 15.4. The molecule has 0 radical (unpaired) electrons. The number of ketones is 1. The van der Waals surface area contributed by atoms with Gasteiger partial charge in [-0.15, -0.1) is 0 Å². The number of rotatable bonds is 6. The van der Waals surface area contributed by atoms with Crippen LogP contribution in [-0.4, -0.2) is 24.2 Å². The topological polar surface area (TPSA) is 52.3 Å². The molecule has 0 saturated heterocycles. The molecule has 1 fully saturated rings. The van der Waals surface area contributed by atoms with Gasteiger partial charge in [-0.2, -0.15) is 0 Å². The minimum absolute atomic E-state index is 0.0368. The molecule has 0 bridgehead atoms. The van der Waals surface area contributed by atoms with Crippen LogP contribution in [0.15, 0.2) is 16.8 Å². The van der Waals surface area contributed by atoms with E-state index in [1.54, 1.807) is 0 Å². The van der Waals surface area contributed by atoms with E-state index in [1.807, 2.05) is 13.0 Å². The minimum Gasteiger partial charge on any atom is -0.371 e. The highest BCUT2D eigenvalue weighted by molar-refractivity contribution is 6.36. The molecule has 1 aromatic heterocycles. The van der Waals surface area contributed by atoms with Crippen molar-refractivity contribution in [3.63, 3.8) is 0 Å². The predicted molar refractivity (Wildman–Crippen MR) is 95.7 cm³/mol. The molecule has 1 heterocycles. The van der Waals surface area contributed by atoms with Gasteiger partial charge in [0.15, 0.2) is 11.5 Å². The van der Waals surface area contributed by atoms with Gasteiger partial charge in [-0.25, -0.2) is 4.39 Å². The fourth-order valence-electron chi connectivity index (χ4n) is 3.86. The van der Waals surface area contributed by atoms with Crippen LogP contribution in [0.5, 0.6) is 0 Å². The Balaban J connectivity index is 1.76. The normalized spacial score (nSPS) is 19.4. The van der Waals surface area contributed by atoms with Gasteiger partial charge in [-0.05, 0) is 56.2 Å². The van der Waals surface area contributed by atoms with Crippen LogP contribution in [-0.2, 0) is 11.2 Å². The first-order valence-electron chi connectivity index (χ1n) is 9.10. The Morgan fingerprint density at radius 3 is 2.92 bits per heavy atom. The van der Waals surface area contributed by atoms with E-state index in [0.29, 0.717) is 21.9 Å². The lowest BCUT2D eigenvalue weighted by atomic mass is 9.84. The van der Waals surface area contributed by atoms with Crippen LogP contribution < -0.4 is 0 Å². The summed E-state index contributed by atoms with van der Waals surface area (Å²) in [5.74, 6) is 0.778. The number of carbonyl (C=O) groups excluding carboxylic acids is 1. The van der Waals surface area contributed by atoms with Crippen LogP contribution >= 0.6 is 11.6 Å². The second kappa shape index (κ2) is 7.12. The van der Waals surface area contributed by atoms with E-state index in [0.717, 1.165) is 48.8 Å². The summed E-state index contributed by atoms with van der Waals surface area (Å²) < 4.78 is 23.6. The smallest absolute Gasteiger partial charge is 0.199 e. The van der Waals surface area contributed by atoms with Gasteiger partial charge in [0, 0.05) is 17.0 Å². The number of benzene rings is 1. The number of fused-ring (bicyclic) bond motifs is 1. The van der Waals surface area contributed by atoms with Crippen LogP contribution in [0.1, 0.15) is 76.1 Å². The van der Waals surface area contributed by atoms with Crippen molar-refractivity contribution in [3.05, 3.63) is 50.9 Å². The van der Waals surface area contributed by atoms with E-state index < -0.39 is 6.67 Å². The molecule has 0 spiro atoms. The molecule has 4 nitrogen and oxygen atoms in total. The SMILES string of the molecule is Cc1cc(C(=O)c2cnoc2C2CC2)c(Cl)c2c1CCCC2OCCF. The largest absolute Gasteiger partial charge is 0.371 e. The van der Waals surface area contributed by atoms with Crippen molar-refractivity contribution in [1.82, 2.24) is 5.16 Å². The van der Waals surface area contributed by atoms with Gasteiger partial charge in [-0.3, -0.25) is 4.79 Å². The second-order valence-corrected chi connectivity index (χ2v) is 7.47. The quantitative estimate of drug-likeness (QED) is 0.656.